The van der Waals surface area contributed by atoms with Gasteiger partial charge in [0.1, 0.15) is 5.54 Å². The van der Waals surface area contributed by atoms with Crippen molar-refractivity contribution in [1.29, 1.82) is 0 Å². The highest BCUT2D eigenvalue weighted by atomic mass is 19.4. The van der Waals surface area contributed by atoms with Gasteiger partial charge in [0.05, 0.1) is 6.04 Å². The zero-order valence-corrected chi connectivity index (χ0v) is 9.02. The molecule has 1 saturated carbocycles. The average molecular weight is 227 g/mol. The van der Waals surface area contributed by atoms with Crippen molar-refractivity contribution < 1.29 is 22.6 Å². The van der Waals surface area contributed by atoms with Gasteiger partial charge in [0, 0.05) is 14.2 Å². The molecule has 1 fully saturated rings. The van der Waals surface area contributed by atoms with Gasteiger partial charge >= 0.3 is 6.18 Å². The minimum Gasteiger partial charge on any atom is -0.354 e. The molecule has 0 saturated heterocycles. The van der Waals surface area contributed by atoms with E-state index in [0.29, 0.717) is 0 Å². The third kappa shape index (κ3) is 2.62. The van der Waals surface area contributed by atoms with Gasteiger partial charge in [-0.15, -0.1) is 0 Å². The normalized spacial score (nSPS) is 21.8. The smallest absolute Gasteiger partial charge is 0.354 e. The van der Waals surface area contributed by atoms with Gasteiger partial charge in [-0.1, -0.05) is 0 Å². The second-order valence-electron chi connectivity index (χ2n) is 3.85. The zero-order valence-electron chi connectivity index (χ0n) is 9.02. The summed E-state index contributed by atoms with van der Waals surface area (Å²) in [6.07, 6.45) is -4.61. The summed E-state index contributed by atoms with van der Waals surface area (Å²) in [6.45, 7) is 1.61. The van der Waals surface area contributed by atoms with E-state index in [2.05, 4.69) is 5.32 Å². The number of halogens is 3. The van der Waals surface area contributed by atoms with Crippen molar-refractivity contribution >= 4 is 0 Å². The maximum Gasteiger partial charge on any atom is 0.406 e. The number of alkyl halides is 3. The van der Waals surface area contributed by atoms with Gasteiger partial charge in [-0.05, 0) is 19.8 Å². The number of ether oxygens (including phenoxy) is 2. The minimum atomic E-state index is -4.20. The summed E-state index contributed by atoms with van der Waals surface area (Å²) in [5.41, 5.74) is -1.72. The van der Waals surface area contributed by atoms with Gasteiger partial charge in [-0.3, -0.25) is 5.32 Å². The zero-order chi connectivity index (χ0) is 11.7. The van der Waals surface area contributed by atoms with Crippen LogP contribution in [0.5, 0.6) is 0 Å². The molecule has 0 bridgehead atoms. The third-order valence-electron chi connectivity index (χ3n) is 2.67. The first-order chi connectivity index (χ1) is 6.86. The van der Waals surface area contributed by atoms with Crippen LogP contribution in [-0.4, -0.2) is 38.3 Å². The largest absolute Gasteiger partial charge is 0.406 e. The van der Waals surface area contributed by atoms with Gasteiger partial charge < -0.3 is 9.47 Å². The Balaban J connectivity index is 2.55. The molecule has 0 aromatic heterocycles. The molecule has 0 amide bonds. The fraction of sp³-hybridized carbons (Fsp3) is 1.00. The topological polar surface area (TPSA) is 30.5 Å². The van der Waals surface area contributed by atoms with Crippen molar-refractivity contribution in [3.05, 3.63) is 0 Å². The molecule has 0 radical (unpaired) electrons. The van der Waals surface area contributed by atoms with Crippen LogP contribution < -0.4 is 5.32 Å². The minimum absolute atomic E-state index is 0.126. The quantitative estimate of drug-likeness (QED) is 0.725. The molecule has 3 nitrogen and oxygen atoms in total. The number of methoxy groups -OCH3 is 2. The van der Waals surface area contributed by atoms with Crippen molar-refractivity contribution in [3.8, 4) is 0 Å². The summed E-state index contributed by atoms with van der Waals surface area (Å²) in [7, 11) is 2.80. The van der Waals surface area contributed by atoms with E-state index in [1.165, 1.54) is 14.2 Å². The van der Waals surface area contributed by atoms with Crippen LogP contribution in [-0.2, 0) is 9.47 Å². The van der Waals surface area contributed by atoms with Gasteiger partial charge in [-0.2, -0.15) is 13.2 Å². The summed E-state index contributed by atoms with van der Waals surface area (Å²) in [5.74, 6) is 0. The molecule has 0 aliphatic heterocycles. The highest BCUT2D eigenvalue weighted by Crippen LogP contribution is 2.49. The Morgan fingerprint density at radius 3 is 1.93 bits per heavy atom. The van der Waals surface area contributed by atoms with Crippen LogP contribution in [0.2, 0.25) is 0 Å². The van der Waals surface area contributed by atoms with Crippen molar-refractivity contribution in [1.82, 2.24) is 5.32 Å². The summed E-state index contributed by atoms with van der Waals surface area (Å²) in [5, 5.41) is 2.53. The maximum absolute atomic E-state index is 12.6. The molecular formula is C9H16F3NO2. The van der Waals surface area contributed by atoms with Crippen LogP contribution in [0.15, 0.2) is 0 Å². The number of hydrogen-bond donors (Lipinski definition) is 1. The molecule has 1 N–H and O–H groups in total. The van der Waals surface area contributed by atoms with Crippen molar-refractivity contribution in [2.24, 2.45) is 0 Å². The van der Waals surface area contributed by atoms with E-state index in [1.807, 2.05) is 0 Å². The van der Waals surface area contributed by atoms with Gasteiger partial charge in [0.2, 0.25) is 0 Å². The monoisotopic (exact) mass is 227 g/mol. The van der Waals surface area contributed by atoms with Crippen LogP contribution in [0.4, 0.5) is 13.2 Å². The number of hydrogen-bond acceptors (Lipinski definition) is 3. The second-order valence-corrected chi connectivity index (χ2v) is 3.85. The van der Waals surface area contributed by atoms with E-state index >= 15 is 0 Å². The lowest BCUT2D eigenvalue weighted by molar-refractivity contribution is -0.179. The van der Waals surface area contributed by atoms with E-state index in [1.54, 1.807) is 6.92 Å². The number of nitrogens with one attached hydrogen (secondary N) is 1. The van der Waals surface area contributed by atoms with Crippen molar-refractivity contribution in [2.75, 3.05) is 14.2 Å². The van der Waals surface area contributed by atoms with Crippen molar-refractivity contribution in [3.63, 3.8) is 0 Å². The Kier molecular flexibility index (Phi) is 3.63. The summed E-state index contributed by atoms with van der Waals surface area (Å²) in [6, 6.07) is -0.496. The Hall–Kier alpha value is -0.330. The lowest BCUT2D eigenvalue weighted by Crippen LogP contribution is -2.53. The molecule has 0 aromatic carbocycles. The summed E-state index contributed by atoms with van der Waals surface area (Å²) < 4.78 is 47.5. The SMILES string of the molecule is COC(OC)C(C)NC1(C(F)(F)F)CC1. The van der Waals surface area contributed by atoms with Crippen molar-refractivity contribution in [2.45, 2.75) is 43.8 Å². The Labute approximate surface area is 86.9 Å². The van der Waals surface area contributed by atoms with Crippen LogP contribution in [0.3, 0.4) is 0 Å². The Morgan fingerprint density at radius 2 is 1.67 bits per heavy atom. The van der Waals surface area contributed by atoms with Crippen LogP contribution in [0.25, 0.3) is 0 Å². The average Bonchev–Trinajstić information content (AvgIpc) is 2.86. The van der Waals surface area contributed by atoms with Gasteiger partial charge in [0.15, 0.2) is 6.29 Å². The lowest BCUT2D eigenvalue weighted by Gasteiger charge is -2.28. The first-order valence-corrected chi connectivity index (χ1v) is 4.76. The summed E-state index contributed by atoms with van der Waals surface area (Å²) >= 11 is 0. The first kappa shape index (κ1) is 12.7. The standard InChI is InChI=1S/C9H16F3NO2/c1-6(7(14-2)15-3)13-8(4-5-8)9(10,11)12/h6-7,13H,4-5H2,1-3H3. The predicted molar refractivity (Wildman–Crippen MR) is 48.4 cm³/mol. The Morgan fingerprint density at radius 1 is 1.20 bits per heavy atom. The highest BCUT2D eigenvalue weighted by Gasteiger charge is 2.63. The van der Waals surface area contributed by atoms with E-state index in [0.717, 1.165) is 0 Å². The molecule has 15 heavy (non-hydrogen) atoms. The molecule has 1 unspecified atom stereocenters. The van der Waals surface area contributed by atoms with Crippen LogP contribution in [0.1, 0.15) is 19.8 Å². The molecular weight excluding hydrogens is 211 g/mol. The highest BCUT2D eigenvalue weighted by molar-refractivity contribution is 5.09. The van der Waals surface area contributed by atoms with E-state index < -0.39 is 24.0 Å². The predicted octanol–water partition coefficient (Wildman–Crippen LogP) is 1.68. The molecule has 1 atom stereocenters. The molecule has 6 heteroatoms. The van der Waals surface area contributed by atoms with E-state index in [4.69, 9.17) is 9.47 Å². The molecule has 0 aromatic rings. The van der Waals surface area contributed by atoms with Gasteiger partial charge in [0.25, 0.3) is 0 Å². The Bertz CT molecular complexity index is 212. The first-order valence-electron chi connectivity index (χ1n) is 4.76. The molecule has 0 spiro atoms. The fourth-order valence-electron chi connectivity index (χ4n) is 1.64. The molecule has 1 aliphatic carbocycles. The third-order valence-corrected chi connectivity index (χ3v) is 2.67. The molecule has 90 valence electrons. The van der Waals surface area contributed by atoms with Gasteiger partial charge in [-0.25, -0.2) is 0 Å². The lowest BCUT2D eigenvalue weighted by atomic mass is 10.2. The van der Waals surface area contributed by atoms with E-state index in [-0.39, 0.29) is 12.8 Å². The molecule has 0 heterocycles. The van der Waals surface area contributed by atoms with Crippen LogP contribution in [0, 0.1) is 0 Å². The second kappa shape index (κ2) is 4.27. The summed E-state index contributed by atoms with van der Waals surface area (Å²) in [4.78, 5) is 0. The van der Waals surface area contributed by atoms with E-state index in [9.17, 15) is 13.2 Å². The maximum atomic E-state index is 12.6. The molecule has 1 rings (SSSR count). The fourth-order valence-corrected chi connectivity index (χ4v) is 1.64. The van der Waals surface area contributed by atoms with Crippen LogP contribution >= 0.6 is 0 Å². The number of rotatable bonds is 5. The molecule has 1 aliphatic rings.